The van der Waals surface area contributed by atoms with E-state index in [0.29, 0.717) is 13.1 Å². The summed E-state index contributed by atoms with van der Waals surface area (Å²) in [7, 11) is 0. The van der Waals surface area contributed by atoms with Gasteiger partial charge in [0.25, 0.3) is 0 Å². The molecule has 6 nitrogen and oxygen atoms in total. The maximum atomic E-state index is 11.7. The molecule has 2 fully saturated rings. The molecule has 6 heteroatoms. The molecule has 0 aromatic heterocycles. The van der Waals surface area contributed by atoms with Crippen molar-refractivity contribution < 1.29 is 14.7 Å². The second-order valence-electron chi connectivity index (χ2n) is 6.17. The van der Waals surface area contributed by atoms with Crippen LogP contribution in [0.15, 0.2) is 0 Å². The largest absolute Gasteiger partial charge is 0.481 e. The molecule has 1 saturated heterocycles. The molecule has 0 aromatic carbocycles. The van der Waals surface area contributed by atoms with E-state index < -0.39 is 5.97 Å². The fraction of sp³-hybridized carbons (Fsp3) is 0.867. The average molecular weight is 297 g/mol. The van der Waals surface area contributed by atoms with Crippen LogP contribution in [-0.2, 0) is 4.79 Å². The highest BCUT2D eigenvalue weighted by Gasteiger charge is 2.30. The Kier molecular flexibility index (Phi) is 6.29. The summed E-state index contributed by atoms with van der Waals surface area (Å²) in [5, 5.41) is 14.9. The topological polar surface area (TPSA) is 81.7 Å². The molecule has 1 aliphatic carbocycles. The molecule has 0 spiro atoms. The third-order valence-electron chi connectivity index (χ3n) is 4.66. The van der Waals surface area contributed by atoms with Gasteiger partial charge in [0.05, 0.1) is 5.92 Å². The number of carboxylic acid groups (broad SMARTS) is 1. The van der Waals surface area contributed by atoms with Gasteiger partial charge in [0.1, 0.15) is 0 Å². The minimum Gasteiger partial charge on any atom is -0.481 e. The molecule has 1 heterocycles. The van der Waals surface area contributed by atoms with E-state index in [1.54, 1.807) is 0 Å². The summed E-state index contributed by atoms with van der Waals surface area (Å²) in [5.74, 6) is -0.958. The second kappa shape index (κ2) is 8.22. The number of carbonyl (C=O) groups is 2. The number of carboxylic acids is 1. The number of urea groups is 1. The molecule has 2 aliphatic rings. The summed E-state index contributed by atoms with van der Waals surface area (Å²) in [6.45, 7) is 4.28. The van der Waals surface area contributed by atoms with Crippen molar-refractivity contribution in [2.45, 2.75) is 38.5 Å². The molecule has 3 N–H and O–H groups in total. The van der Waals surface area contributed by atoms with Crippen molar-refractivity contribution in [3.63, 3.8) is 0 Å². The molecule has 0 radical (unpaired) electrons. The normalized spacial score (nSPS) is 26.5. The predicted molar refractivity (Wildman–Crippen MR) is 80.2 cm³/mol. The summed E-state index contributed by atoms with van der Waals surface area (Å²) in [6.07, 6.45) is 6.18. The van der Waals surface area contributed by atoms with Crippen LogP contribution in [0.2, 0.25) is 0 Å². The lowest BCUT2D eigenvalue weighted by molar-refractivity contribution is -0.144. The lowest BCUT2D eigenvalue weighted by atomic mass is 9.79. The van der Waals surface area contributed by atoms with Crippen molar-refractivity contribution >= 4 is 12.0 Å². The molecule has 21 heavy (non-hydrogen) atoms. The second-order valence-corrected chi connectivity index (χ2v) is 6.17. The quantitative estimate of drug-likeness (QED) is 0.689. The Morgan fingerprint density at radius 2 is 1.76 bits per heavy atom. The van der Waals surface area contributed by atoms with Gasteiger partial charge in [-0.15, -0.1) is 0 Å². The van der Waals surface area contributed by atoms with E-state index in [0.717, 1.165) is 45.3 Å². The van der Waals surface area contributed by atoms with Crippen LogP contribution in [0.1, 0.15) is 38.5 Å². The highest BCUT2D eigenvalue weighted by Crippen LogP contribution is 2.29. The van der Waals surface area contributed by atoms with Gasteiger partial charge >= 0.3 is 12.0 Å². The Morgan fingerprint density at radius 3 is 2.48 bits per heavy atom. The van der Waals surface area contributed by atoms with E-state index >= 15 is 0 Å². The van der Waals surface area contributed by atoms with Gasteiger partial charge in [-0.25, -0.2) is 4.79 Å². The number of likely N-dealkylation sites (tertiary alicyclic amines) is 1. The highest BCUT2D eigenvalue weighted by atomic mass is 16.4. The van der Waals surface area contributed by atoms with Crippen LogP contribution in [0.25, 0.3) is 0 Å². The third kappa shape index (κ3) is 5.19. The summed E-state index contributed by atoms with van der Waals surface area (Å²) in [6, 6.07) is -0.177. The number of nitrogens with one attached hydrogen (secondary N) is 2. The fourth-order valence-corrected chi connectivity index (χ4v) is 3.40. The van der Waals surface area contributed by atoms with Crippen LogP contribution < -0.4 is 10.6 Å². The van der Waals surface area contributed by atoms with E-state index in [-0.39, 0.29) is 17.9 Å². The van der Waals surface area contributed by atoms with Crippen molar-refractivity contribution in [1.82, 2.24) is 15.5 Å². The Bertz CT molecular complexity index is 356. The first-order valence-electron chi connectivity index (χ1n) is 8.13. The first kappa shape index (κ1) is 16.1. The zero-order valence-electron chi connectivity index (χ0n) is 12.6. The van der Waals surface area contributed by atoms with Crippen LogP contribution >= 0.6 is 0 Å². The minimum atomic E-state index is -0.726. The van der Waals surface area contributed by atoms with E-state index in [4.69, 9.17) is 0 Å². The Labute approximate surface area is 126 Å². The number of amides is 2. The molecule has 120 valence electrons. The smallest absolute Gasteiger partial charge is 0.314 e. The van der Waals surface area contributed by atoms with Gasteiger partial charge in [-0.1, -0.05) is 12.8 Å². The standard InChI is InChI=1S/C15H27N3O3/c19-14(20)13-6-2-1-5-12(13)11-17-15(21)16-7-10-18-8-3-4-9-18/h12-13H,1-11H2,(H,19,20)(H2,16,17,21). The van der Waals surface area contributed by atoms with Crippen molar-refractivity contribution in [3.05, 3.63) is 0 Å². The van der Waals surface area contributed by atoms with E-state index in [9.17, 15) is 14.7 Å². The van der Waals surface area contributed by atoms with Crippen molar-refractivity contribution in [3.8, 4) is 0 Å². The predicted octanol–water partition coefficient (Wildman–Crippen LogP) is 1.27. The molecule has 2 atom stereocenters. The number of aliphatic carboxylic acids is 1. The zero-order chi connectivity index (χ0) is 15.1. The monoisotopic (exact) mass is 297 g/mol. The van der Waals surface area contributed by atoms with Gasteiger partial charge < -0.3 is 20.6 Å². The maximum Gasteiger partial charge on any atom is 0.314 e. The van der Waals surface area contributed by atoms with Gasteiger partial charge in [0.15, 0.2) is 0 Å². The Morgan fingerprint density at radius 1 is 1.05 bits per heavy atom. The molecule has 0 bridgehead atoms. The molecule has 1 saturated carbocycles. The minimum absolute atomic E-state index is 0.0700. The molecule has 1 aliphatic heterocycles. The van der Waals surface area contributed by atoms with E-state index in [2.05, 4.69) is 15.5 Å². The molecular formula is C15H27N3O3. The average Bonchev–Trinajstić information content (AvgIpc) is 2.98. The summed E-state index contributed by atoms with van der Waals surface area (Å²) in [4.78, 5) is 25.3. The number of nitrogens with zero attached hydrogens (tertiary/aromatic N) is 1. The first-order valence-corrected chi connectivity index (χ1v) is 8.13. The van der Waals surface area contributed by atoms with Gasteiger partial charge in [-0.2, -0.15) is 0 Å². The molecule has 0 aromatic rings. The van der Waals surface area contributed by atoms with Crippen molar-refractivity contribution in [1.29, 1.82) is 0 Å². The molecule has 2 rings (SSSR count). The van der Waals surface area contributed by atoms with Crippen LogP contribution in [0.3, 0.4) is 0 Å². The molecular weight excluding hydrogens is 270 g/mol. The number of hydrogen-bond donors (Lipinski definition) is 3. The maximum absolute atomic E-state index is 11.7. The lowest BCUT2D eigenvalue weighted by Gasteiger charge is -2.28. The zero-order valence-corrected chi connectivity index (χ0v) is 12.6. The summed E-state index contributed by atoms with van der Waals surface area (Å²) < 4.78 is 0. The van der Waals surface area contributed by atoms with E-state index in [1.807, 2.05) is 0 Å². The number of carbonyl (C=O) groups excluding carboxylic acids is 1. The molecule has 2 unspecified atom stereocenters. The number of rotatable bonds is 6. The Hall–Kier alpha value is -1.30. The van der Waals surface area contributed by atoms with E-state index in [1.165, 1.54) is 12.8 Å². The van der Waals surface area contributed by atoms with Crippen LogP contribution in [0.5, 0.6) is 0 Å². The summed E-state index contributed by atoms with van der Waals surface area (Å²) in [5.41, 5.74) is 0. The van der Waals surface area contributed by atoms with Gasteiger partial charge in [-0.05, 0) is 44.7 Å². The van der Waals surface area contributed by atoms with Crippen LogP contribution in [0.4, 0.5) is 4.79 Å². The third-order valence-corrected chi connectivity index (χ3v) is 4.66. The highest BCUT2D eigenvalue weighted by molar-refractivity contribution is 5.74. The first-order chi connectivity index (χ1) is 10.2. The lowest BCUT2D eigenvalue weighted by Crippen LogP contribution is -2.43. The van der Waals surface area contributed by atoms with Crippen LogP contribution in [0, 0.1) is 11.8 Å². The fourth-order valence-electron chi connectivity index (χ4n) is 3.40. The van der Waals surface area contributed by atoms with Gasteiger partial charge in [0, 0.05) is 19.6 Å². The summed E-state index contributed by atoms with van der Waals surface area (Å²) >= 11 is 0. The number of hydrogen-bond acceptors (Lipinski definition) is 3. The van der Waals surface area contributed by atoms with Gasteiger partial charge in [0.2, 0.25) is 0 Å². The van der Waals surface area contributed by atoms with Crippen molar-refractivity contribution in [2.24, 2.45) is 11.8 Å². The molecule has 2 amide bonds. The van der Waals surface area contributed by atoms with Crippen molar-refractivity contribution in [2.75, 3.05) is 32.7 Å². The SMILES string of the molecule is O=C(NCCN1CCCC1)NCC1CCCCC1C(=O)O. The van der Waals surface area contributed by atoms with Gasteiger partial charge in [-0.3, -0.25) is 4.79 Å². The van der Waals surface area contributed by atoms with Crippen LogP contribution in [-0.4, -0.2) is 54.7 Å². The Balaban J connectivity index is 1.61.